The number of amides is 2. The fourth-order valence-electron chi connectivity index (χ4n) is 3.20. The summed E-state index contributed by atoms with van der Waals surface area (Å²) in [6.07, 6.45) is 2.04. The highest BCUT2D eigenvalue weighted by Gasteiger charge is 2.29. The third-order valence-electron chi connectivity index (χ3n) is 4.72. The Morgan fingerprint density at radius 3 is 2.16 bits per heavy atom. The van der Waals surface area contributed by atoms with E-state index in [9.17, 15) is 9.59 Å². The van der Waals surface area contributed by atoms with Crippen LogP contribution in [0.25, 0.3) is 0 Å². The predicted octanol–water partition coefficient (Wildman–Crippen LogP) is 4.40. The number of rotatable bonds is 15. The van der Waals surface area contributed by atoms with Gasteiger partial charge in [-0.1, -0.05) is 63.9 Å². The largest absolute Gasteiger partial charge is 0.445 e. The van der Waals surface area contributed by atoms with Crippen molar-refractivity contribution in [1.29, 1.82) is 0 Å². The van der Waals surface area contributed by atoms with Crippen molar-refractivity contribution < 1.29 is 23.8 Å². The molecule has 1 rings (SSSR count). The third-order valence-corrected chi connectivity index (χ3v) is 4.72. The number of carbonyl (C=O) groups excluding carboxylic acids is 2. The van der Waals surface area contributed by atoms with Crippen molar-refractivity contribution in [3.8, 4) is 0 Å². The molecule has 0 saturated carbocycles. The molecule has 2 atom stereocenters. The van der Waals surface area contributed by atoms with Gasteiger partial charge in [-0.25, -0.2) is 4.79 Å². The van der Waals surface area contributed by atoms with Crippen LogP contribution in [0.4, 0.5) is 4.79 Å². The summed E-state index contributed by atoms with van der Waals surface area (Å²) in [6, 6.07) is 8.45. The highest BCUT2D eigenvalue weighted by molar-refractivity contribution is 5.85. The van der Waals surface area contributed by atoms with Gasteiger partial charge in [0.15, 0.2) is 6.29 Å². The number of hydrogen-bond donors (Lipinski definition) is 2. The number of ether oxygens (including phenoxy) is 3. The minimum atomic E-state index is -0.698. The van der Waals surface area contributed by atoms with Gasteiger partial charge in [-0.05, 0) is 38.2 Å². The van der Waals surface area contributed by atoms with Crippen molar-refractivity contribution in [3.63, 3.8) is 0 Å². The van der Waals surface area contributed by atoms with Gasteiger partial charge in [0, 0.05) is 13.2 Å². The number of alkyl carbamates (subject to hydrolysis) is 1. The Balaban J connectivity index is 2.78. The molecule has 1 unspecified atom stereocenters. The van der Waals surface area contributed by atoms with E-state index in [0.29, 0.717) is 19.6 Å². The van der Waals surface area contributed by atoms with Crippen LogP contribution in [0, 0.1) is 5.92 Å². The zero-order valence-corrected chi connectivity index (χ0v) is 19.7. The predicted molar refractivity (Wildman–Crippen MR) is 122 cm³/mol. The van der Waals surface area contributed by atoms with Crippen molar-refractivity contribution >= 4 is 12.0 Å². The molecule has 1 aromatic carbocycles. The molecular formula is C24H40N2O5. The molecule has 0 aromatic heterocycles. The molecule has 31 heavy (non-hydrogen) atoms. The lowest BCUT2D eigenvalue weighted by Gasteiger charge is -2.29. The first-order valence-corrected chi connectivity index (χ1v) is 11.4. The first kappa shape index (κ1) is 26.9. The van der Waals surface area contributed by atoms with E-state index >= 15 is 0 Å². The molecule has 0 heterocycles. The zero-order chi connectivity index (χ0) is 23.1. The number of unbranched alkanes of at least 4 members (excludes halogenated alkanes) is 1. The number of nitrogens with one attached hydrogen (secondary N) is 2. The summed E-state index contributed by atoms with van der Waals surface area (Å²) in [5.41, 5.74) is 0.887. The molecule has 0 fully saturated rings. The minimum Gasteiger partial charge on any atom is -0.445 e. The maximum Gasteiger partial charge on any atom is 0.408 e. The fourth-order valence-corrected chi connectivity index (χ4v) is 3.20. The molecule has 7 heteroatoms. The molecule has 0 bridgehead atoms. The smallest absolute Gasteiger partial charge is 0.408 e. The van der Waals surface area contributed by atoms with Gasteiger partial charge in [0.1, 0.15) is 12.6 Å². The second-order valence-electron chi connectivity index (χ2n) is 7.92. The number of benzene rings is 1. The molecule has 7 nitrogen and oxygen atoms in total. The molecule has 176 valence electrons. The van der Waals surface area contributed by atoms with Crippen molar-refractivity contribution in [1.82, 2.24) is 10.6 Å². The van der Waals surface area contributed by atoms with Crippen LogP contribution in [0.5, 0.6) is 0 Å². The summed E-state index contributed by atoms with van der Waals surface area (Å²) in [5, 5.41) is 5.77. The fraction of sp³-hybridized carbons (Fsp3) is 0.667. The molecule has 0 aliphatic rings. The summed E-state index contributed by atoms with van der Waals surface area (Å²) in [6.45, 7) is 11.0. The maximum absolute atomic E-state index is 13.1. The molecular weight excluding hydrogens is 396 g/mol. The van der Waals surface area contributed by atoms with E-state index in [4.69, 9.17) is 14.2 Å². The van der Waals surface area contributed by atoms with E-state index in [0.717, 1.165) is 24.8 Å². The van der Waals surface area contributed by atoms with Crippen molar-refractivity contribution in [2.75, 3.05) is 13.2 Å². The first-order chi connectivity index (χ1) is 14.9. The van der Waals surface area contributed by atoms with Crippen LogP contribution in [0.3, 0.4) is 0 Å². The van der Waals surface area contributed by atoms with Gasteiger partial charge < -0.3 is 24.8 Å². The molecule has 0 radical (unpaired) electrons. The molecule has 0 aliphatic carbocycles. The van der Waals surface area contributed by atoms with Crippen LogP contribution in [-0.4, -0.2) is 43.6 Å². The third kappa shape index (κ3) is 11.2. The molecule has 0 spiro atoms. The van der Waals surface area contributed by atoms with E-state index in [1.807, 2.05) is 58.0 Å². The Labute approximate surface area is 187 Å². The average Bonchev–Trinajstić information content (AvgIpc) is 2.75. The van der Waals surface area contributed by atoms with Gasteiger partial charge in [0.2, 0.25) is 5.91 Å². The summed E-state index contributed by atoms with van der Waals surface area (Å²) >= 11 is 0. The van der Waals surface area contributed by atoms with E-state index in [1.54, 1.807) is 0 Å². The highest BCUT2D eigenvalue weighted by atomic mass is 16.7. The molecule has 2 N–H and O–H groups in total. The Hall–Kier alpha value is -2.12. The lowest BCUT2D eigenvalue weighted by atomic mass is 10.0. The van der Waals surface area contributed by atoms with Crippen LogP contribution in [0.2, 0.25) is 0 Å². The average molecular weight is 437 g/mol. The number of carbonyl (C=O) groups is 2. The van der Waals surface area contributed by atoms with Crippen LogP contribution < -0.4 is 10.6 Å². The van der Waals surface area contributed by atoms with Gasteiger partial charge in [-0.3, -0.25) is 4.79 Å². The van der Waals surface area contributed by atoms with Crippen molar-refractivity contribution in [3.05, 3.63) is 35.9 Å². The summed E-state index contributed by atoms with van der Waals surface area (Å²) in [7, 11) is 0. The van der Waals surface area contributed by atoms with Gasteiger partial charge in [0.05, 0.1) is 6.04 Å². The van der Waals surface area contributed by atoms with Crippen LogP contribution in [0.15, 0.2) is 30.3 Å². The van der Waals surface area contributed by atoms with Crippen LogP contribution in [-0.2, 0) is 25.6 Å². The Kier molecular flexibility index (Phi) is 13.6. The van der Waals surface area contributed by atoms with Gasteiger partial charge in [0.25, 0.3) is 0 Å². The monoisotopic (exact) mass is 436 g/mol. The quantitative estimate of drug-likeness (QED) is 0.398. The van der Waals surface area contributed by atoms with E-state index < -0.39 is 18.4 Å². The van der Waals surface area contributed by atoms with Crippen LogP contribution >= 0.6 is 0 Å². The highest BCUT2D eigenvalue weighted by Crippen LogP contribution is 2.13. The number of hydrogen-bond acceptors (Lipinski definition) is 5. The van der Waals surface area contributed by atoms with Crippen molar-refractivity contribution in [2.24, 2.45) is 5.92 Å². The lowest BCUT2D eigenvalue weighted by Crippen LogP contribution is -2.53. The van der Waals surface area contributed by atoms with E-state index in [-0.39, 0.29) is 24.5 Å². The normalized spacial score (nSPS) is 13.1. The van der Waals surface area contributed by atoms with Crippen molar-refractivity contribution in [2.45, 2.75) is 85.3 Å². The molecule has 0 aliphatic heterocycles. The summed E-state index contributed by atoms with van der Waals surface area (Å²) in [4.78, 5) is 25.4. The SMILES string of the molecule is CCCCC(NC(=O)[C@H](CC(C)C)NC(=O)OCc1ccccc1)C(OCC)OCC. The Bertz CT molecular complexity index is 618. The second kappa shape index (κ2) is 15.6. The second-order valence-corrected chi connectivity index (χ2v) is 7.92. The van der Waals surface area contributed by atoms with Crippen LogP contribution in [0.1, 0.15) is 65.9 Å². The van der Waals surface area contributed by atoms with E-state index in [2.05, 4.69) is 17.6 Å². The van der Waals surface area contributed by atoms with Gasteiger partial charge in [-0.15, -0.1) is 0 Å². The minimum absolute atomic E-state index is 0.151. The van der Waals surface area contributed by atoms with E-state index in [1.165, 1.54) is 0 Å². The topological polar surface area (TPSA) is 85.9 Å². The Morgan fingerprint density at radius 2 is 1.61 bits per heavy atom. The summed E-state index contributed by atoms with van der Waals surface area (Å²) in [5.74, 6) is -0.0373. The van der Waals surface area contributed by atoms with Gasteiger partial charge >= 0.3 is 6.09 Å². The Morgan fingerprint density at radius 1 is 0.968 bits per heavy atom. The lowest BCUT2D eigenvalue weighted by molar-refractivity contribution is -0.160. The summed E-state index contributed by atoms with van der Waals surface area (Å²) < 4.78 is 16.8. The maximum atomic E-state index is 13.1. The zero-order valence-electron chi connectivity index (χ0n) is 19.7. The standard InChI is InChI=1S/C24H40N2O5/c1-6-9-15-20(23(29-7-2)30-8-3)25-22(27)21(16-18(4)5)26-24(28)31-17-19-13-11-10-12-14-19/h10-14,18,20-21,23H,6-9,15-17H2,1-5H3,(H,25,27)(H,26,28)/t20?,21-/m0/s1. The molecule has 0 saturated heterocycles. The molecule has 1 aromatic rings. The van der Waals surface area contributed by atoms with Gasteiger partial charge in [-0.2, -0.15) is 0 Å². The molecule has 2 amide bonds. The first-order valence-electron chi connectivity index (χ1n) is 11.4.